The molecule has 4 heterocycles. The van der Waals surface area contributed by atoms with E-state index in [1.165, 1.54) is 71.6 Å². The van der Waals surface area contributed by atoms with Crippen LogP contribution in [0.5, 0.6) is 0 Å². The van der Waals surface area contributed by atoms with E-state index < -0.39 is 0 Å². The number of nitrogens with zero attached hydrogens (tertiary/aromatic N) is 5. The highest BCUT2D eigenvalue weighted by atomic mass is 16.5. The van der Waals surface area contributed by atoms with Gasteiger partial charge in [-0.15, -0.1) is 0 Å². The van der Waals surface area contributed by atoms with E-state index in [0.29, 0.717) is 22.2 Å². The van der Waals surface area contributed by atoms with Crippen LogP contribution in [0.15, 0.2) is 0 Å². The van der Waals surface area contributed by atoms with E-state index in [-0.39, 0.29) is 0 Å². The van der Waals surface area contributed by atoms with Crippen molar-refractivity contribution in [1.29, 1.82) is 0 Å². The van der Waals surface area contributed by atoms with Gasteiger partial charge in [0, 0.05) is 87.6 Å². The van der Waals surface area contributed by atoms with Gasteiger partial charge in [0.25, 0.3) is 0 Å². The van der Waals surface area contributed by atoms with Crippen LogP contribution in [-0.2, 0) is 4.74 Å². The highest BCUT2D eigenvalue weighted by molar-refractivity contribution is 4.82. The van der Waals surface area contributed by atoms with E-state index in [1.54, 1.807) is 0 Å². The number of piperidine rings is 1. The Hall–Kier alpha value is -0.280. The molecule has 0 amide bonds. The van der Waals surface area contributed by atoms with E-state index in [4.69, 9.17) is 4.74 Å². The van der Waals surface area contributed by atoms with Crippen LogP contribution in [0.25, 0.3) is 0 Å². The first kappa shape index (κ1) is 38.7. The molecule has 0 radical (unpaired) electrons. The van der Waals surface area contributed by atoms with Crippen molar-refractivity contribution in [3.05, 3.63) is 0 Å². The van der Waals surface area contributed by atoms with E-state index >= 15 is 0 Å². The van der Waals surface area contributed by atoms with Gasteiger partial charge in [-0.3, -0.25) is 19.6 Å². The molecule has 1 N–H and O–H groups in total. The molecule has 0 atom stereocenters. The van der Waals surface area contributed by atoms with Gasteiger partial charge < -0.3 is 15.0 Å². The number of piperazine rings is 2. The van der Waals surface area contributed by atoms with Crippen molar-refractivity contribution < 1.29 is 4.74 Å². The van der Waals surface area contributed by atoms with Gasteiger partial charge in [0.1, 0.15) is 0 Å². The Morgan fingerprint density at radius 1 is 0.415 bits per heavy atom. The van der Waals surface area contributed by atoms with E-state index in [2.05, 4.69) is 120 Å². The van der Waals surface area contributed by atoms with Gasteiger partial charge in [-0.1, -0.05) is 6.42 Å². The number of morpholine rings is 1. The maximum absolute atomic E-state index is 5.25. The Morgan fingerprint density at radius 2 is 0.756 bits per heavy atom. The first-order valence-electron chi connectivity index (χ1n) is 16.8. The summed E-state index contributed by atoms with van der Waals surface area (Å²) in [6, 6.07) is 0. The first-order valence-corrected chi connectivity index (χ1v) is 16.8. The molecule has 0 aromatic rings. The van der Waals surface area contributed by atoms with Gasteiger partial charge in [0.2, 0.25) is 0 Å². The standard InChI is InChI=1S/C9H20N2.C9H19N.C8H18N2.C8H17NO/c1-9(2,3)11-7-5-10(4)6-8-11;1-9(2,3)10-7-5-4-6-8-10;1-8(2,3)10-6-4-9-5-7-10;1-8(2,3)9-4-6-10-7-5-9/h5-8H2,1-4H3;4-8H2,1-3H3;9H,4-7H2,1-3H3;4-7H2,1-3H3. The Kier molecular flexibility index (Phi) is 16.9. The van der Waals surface area contributed by atoms with Crippen molar-refractivity contribution in [2.45, 2.75) is 125 Å². The first-order chi connectivity index (χ1) is 18.8. The lowest BCUT2D eigenvalue weighted by Gasteiger charge is -2.41. The lowest BCUT2D eigenvalue weighted by molar-refractivity contribution is -0.00389. The minimum Gasteiger partial charge on any atom is -0.379 e. The molecule has 246 valence electrons. The zero-order chi connectivity index (χ0) is 31.3. The number of ether oxygens (including phenoxy) is 1. The van der Waals surface area contributed by atoms with Crippen molar-refractivity contribution in [2.75, 3.05) is 98.8 Å². The quantitative estimate of drug-likeness (QED) is 0.426. The van der Waals surface area contributed by atoms with Crippen molar-refractivity contribution in [3.8, 4) is 0 Å². The predicted octanol–water partition coefficient (Wildman–Crippen LogP) is 5.11. The SMILES string of the molecule is CC(C)(C)N1CCCCC1.CC(C)(C)N1CCNCC1.CC(C)(C)N1CCOCC1.CN1CCN(C(C)(C)C)CC1. The summed E-state index contributed by atoms with van der Waals surface area (Å²) in [6.45, 7) is 43.5. The smallest absolute Gasteiger partial charge is 0.0594 e. The summed E-state index contributed by atoms with van der Waals surface area (Å²) < 4.78 is 5.25. The maximum Gasteiger partial charge on any atom is 0.0594 e. The number of nitrogens with one attached hydrogen (secondary N) is 1. The summed E-state index contributed by atoms with van der Waals surface area (Å²) in [5.41, 5.74) is 1.45. The molecule has 0 unspecified atom stereocenters. The highest BCUT2D eigenvalue weighted by Gasteiger charge is 2.25. The maximum atomic E-state index is 5.25. The monoisotopic (exact) mass is 583 g/mol. The van der Waals surface area contributed by atoms with Crippen molar-refractivity contribution in [2.24, 2.45) is 0 Å². The Labute approximate surface area is 257 Å². The molecule has 4 saturated heterocycles. The molecule has 0 saturated carbocycles. The van der Waals surface area contributed by atoms with E-state index in [0.717, 1.165) is 39.4 Å². The summed E-state index contributed by atoms with van der Waals surface area (Å²) in [5.74, 6) is 0. The van der Waals surface area contributed by atoms with Gasteiger partial charge >= 0.3 is 0 Å². The minimum absolute atomic E-state index is 0.323. The lowest BCUT2D eigenvalue weighted by Crippen LogP contribution is -2.52. The van der Waals surface area contributed by atoms with Gasteiger partial charge in [0.05, 0.1) is 13.2 Å². The zero-order valence-corrected chi connectivity index (χ0v) is 30.2. The van der Waals surface area contributed by atoms with Crippen LogP contribution in [0.4, 0.5) is 0 Å². The largest absolute Gasteiger partial charge is 0.379 e. The average Bonchev–Trinajstić information content (AvgIpc) is 2.90. The molecule has 0 aromatic heterocycles. The van der Waals surface area contributed by atoms with Crippen LogP contribution >= 0.6 is 0 Å². The third kappa shape index (κ3) is 17.0. The average molecular weight is 583 g/mol. The second kappa shape index (κ2) is 17.9. The fraction of sp³-hybridized carbons (Fsp3) is 1.00. The summed E-state index contributed by atoms with van der Waals surface area (Å²) in [6.07, 6.45) is 4.24. The predicted molar refractivity (Wildman–Crippen MR) is 180 cm³/mol. The van der Waals surface area contributed by atoms with Crippen molar-refractivity contribution in [3.63, 3.8) is 0 Å². The molecule has 4 rings (SSSR count). The molecule has 0 spiro atoms. The highest BCUT2D eigenvalue weighted by Crippen LogP contribution is 2.19. The van der Waals surface area contributed by atoms with Crippen molar-refractivity contribution >= 4 is 0 Å². The second-order valence-electron chi connectivity index (χ2n) is 16.4. The molecular weight excluding hydrogens is 508 g/mol. The fourth-order valence-corrected chi connectivity index (χ4v) is 5.61. The van der Waals surface area contributed by atoms with E-state index in [1.807, 2.05) is 0 Å². The molecule has 4 aliphatic rings. The number of likely N-dealkylation sites (N-methyl/N-ethyl adjacent to an activating group) is 1. The fourth-order valence-electron chi connectivity index (χ4n) is 5.61. The minimum atomic E-state index is 0.323. The molecule has 7 nitrogen and oxygen atoms in total. The number of rotatable bonds is 0. The molecule has 7 heteroatoms. The van der Waals surface area contributed by atoms with Crippen LogP contribution in [0.1, 0.15) is 102 Å². The second-order valence-corrected chi connectivity index (χ2v) is 16.4. The Balaban J connectivity index is 0.000000274. The van der Waals surface area contributed by atoms with Crippen LogP contribution in [0.2, 0.25) is 0 Å². The zero-order valence-electron chi connectivity index (χ0n) is 30.2. The molecule has 41 heavy (non-hydrogen) atoms. The van der Waals surface area contributed by atoms with Gasteiger partial charge in [-0.2, -0.15) is 0 Å². The van der Waals surface area contributed by atoms with Crippen LogP contribution in [0.3, 0.4) is 0 Å². The summed E-state index contributed by atoms with van der Waals surface area (Å²) in [7, 11) is 2.19. The molecular formula is C34H74N6O. The van der Waals surface area contributed by atoms with E-state index in [9.17, 15) is 0 Å². The van der Waals surface area contributed by atoms with Gasteiger partial charge in [-0.25, -0.2) is 0 Å². The van der Waals surface area contributed by atoms with Crippen molar-refractivity contribution in [1.82, 2.24) is 29.8 Å². The number of hydrogen-bond acceptors (Lipinski definition) is 7. The third-order valence-electron chi connectivity index (χ3n) is 8.78. The Bertz CT molecular complexity index is 580. The summed E-state index contributed by atoms with van der Waals surface area (Å²) in [5, 5.41) is 3.35. The topological polar surface area (TPSA) is 37.5 Å². The lowest BCUT2D eigenvalue weighted by atomic mass is 10.0. The summed E-state index contributed by atoms with van der Waals surface area (Å²) >= 11 is 0. The van der Waals surface area contributed by atoms with Gasteiger partial charge in [-0.05, 0) is 116 Å². The molecule has 0 aromatic carbocycles. The van der Waals surface area contributed by atoms with Crippen LogP contribution < -0.4 is 5.32 Å². The molecule has 0 bridgehead atoms. The number of likely N-dealkylation sites (tertiary alicyclic amines) is 1. The van der Waals surface area contributed by atoms with Crippen LogP contribution in [-0.4, -0.2) is 145 Å². The normalized spacial score (nSPS) is 23.3. The van der Waals surface area contributed by atoms with Crippen LogP contribution in [0, 0.1) is 0 Å². The molecule has 4 aliphatic heterocycles. The molecule has 0 aliphatic carbocycles. The number of hydrogen-bond donors (Lipinski definition) is 1. The molecule has 4 fully saturated rings. The Morgan fingerprint density at radius 3 is 1.07 bits per heavy atom. The summed E-state index contributed by atoms with van der Waals surface area (Å²) in [4.78, 5) is 12.5. The van der Waals surface area contributed by atoms with Gasteiger partial charge in [0.15, 0.2) is 0 Å². The third-order valence-corrected chi connectivity index (χ3v) is 8.78.